The maximum atomic E-state index is 13.1. The fraction of sp³-hybridized carbons (Fsp3) is 0.391. The Bertz CT molecular complexity index is 1220. The number of carboxylic acid groups (broad SMARTS) is 1. The van der Waals surface area contributed by atoms with E-state index in [4.69, 9.17) is 11.6 Å². The van der Waals surface area contributed by atoms with Crippen molar-refractivity contribution in [1.82, 2.24) is 14.3 Å². The number of thiophene rings is 1. The molecule has 0 radical (unpaired) electrons. The maximum Gasteiger partial charge on any atom is 0.308 e. The van der Waals surface area contributed by atoms with Crippen LogP contribution in [-0.4, -0.2) is 31.3 Å². The van der Waals surface area contributed by atoms with E-state index in [9.17, 15) is 19.5 Å². The Hall–Kier alpha value is -2.91. The van der Waals surface area contributed by atoms with Crippen LogP contribution in [0.5, 0.6) is 0 Å². The van der Waals surface area contributed by atoms with E-state index in [2.05, 4.69) is 10.4 Å². The van der Waals surface area contributed by atoms with Gasteiger partial charge in [-0.25, -0.2) is 0 Å². The lowest BCUT2D eigenvalue weighted by Crippen LogP contribution is -2.29. The Morgan fingerprint density at radius 3 is 2.58 bits per heavy atom. The van der Waals surface area contributed by atoms with Crippen molar-refractivity contribution in [3.05, 3.63) is 56.1 Å². The first-order chi connectivity index (χ1) is 15.5. The molecule has 3 rings (SSSR count). The summed E-state index contributed by atoms with van der Waals surface area (Å²) in [6.07, 6.45) is 1.97. The van der Waals surface area contributed by atoms with Gasteiger partial charge in [-0.2, -0.15) is 9.78 Å². The first-order valence-electron chi connectivity index (χ1n) is 10.6. The van der Waals surface area contributed by atoms with E-state index in [-0.39, 0.29) is 18.0 Å². The molecule has 0 aromatic carbocycles. The average molecular weight is 491 g/mol. The third-order valence-corrected chi connectivity index (χ3v) is 6.40. The largest absolute Gasteiger partial charge is 0.481 e. The van der Waals surface area contributed by atoms with Gasteiger partial charge in [0.2, 0.25) is 0 Å². The van der Waals surface area contributed by atoms with Crippen molar-refractivity contribution in [3.63, 3.8) is 0 Å². The highest BCUT2D eigenvalue weighted by atomic mass is 35.5. The highest BCUT2D eigenvalue weighted by Crippen LogP contribution is 2.26. The monoisotopic (exact) mass is 490 g/mol. The molecule has 1 atom stereocenters. The third-order valence-electron chi connectivity index (χ3n) is 5.17. The summed E-state index contributed by atoms with van der Waals surface area (Å²) in [6.45, 7) is 7.66. The fourth-order valence-electron chi connectivity index (χ4n) is 3.23. The molecule has 1 unspecified atom stereocenters. The molecule has 0 bridgehead atoms. The average Bonchev–Trinajstić information content (AvgIpc) is 3.35. The van der Waals surface area contributed by atoms with Crippen LogP contribution in [-0.2, 0) is 17.9 Å². The van der Waals surface area contributed by atoms with Crippen molar-refractivity contribution in [2.75, 3.05) is 5.32 Å². The Kier molecular flexibility index (Phi) is 7.44. The molecule has 0 saturated carbocycles. The van der Waals surface area contributed by atoms with Crippen molar-refractivity contribution in [2.45, 2.75) is 47.2 Å². The summed E-state index contributed by atoms with van der Waals surface area (Å²) in [6, 6.07) is 8.66. The molecule has 0 fully saturated rings. The van der Waals surface area contributed by atoms with Crippen LogP contribution in [0.25, 0.3) is 11.3 Å². The molecule has 8 nitrogen and oxygen atoms in total. The van der Waals surface area contributed by atoms with Gasteiger partial charge in [0.25, 0.3) is 11.5 Å². The van der Waals surface area contributed by atoms with Gasteiger partial charge >= 0.3 is 5.97 Å². The van der Waals surface area contributed by atoms with Crippen molar-refractivity contribution in [2.24, 2.45) is 11.3 Å². The van der Waals surface area contributed by atoms with Crippen LogP contribution in [0.15, 0.2) is 41.3 Å². The molecule has 33 heavy (non-hydrogen) atoms. The number of halogens is 1. The SMILES string of the molecule is CCC(Cn1cccc(-c2cc(NCc3ccc(Cl)s3)n(C(=O)C(C)(C)C)n2)c1=O)C(=O)O. The number of rotatable bonds is 8. The summed E-state index contributed by atoms with van der Waals surface area (Å²) >= 11 is 7.44. The molecule has 0 saturated heterocycles. The van der Waals surface area contributed by atoms with E-state index in [0.717, 1.165) is 4.88 Å². The minimum Gasteiger partial charge on any atom is -0.481 e. The van der Waals surface area contributed by atoms with Gasteiger partial charge in [-0.05, 0) is 30.7 Å². The molecule has 176 valence electrons. The zero-order valence-electron chi connectivity index (χ0n) is 19.0. The van der Waals surface area contributed by atoms with Gasteiger partial charge in [0, 0.05) is 29.1 Å². The number of carboxylic acids is 1. The van der Waals surface area contributed by atoms with Crippen LogP contribution in [0, 0.1) is 11.3 Å². The number of nitrogens with zero attached hydrogens (tertiary/aromatic N) is 3. The number of hydrogen-bond donors (Lipinski definition) is 2. The first kappa shape index (κ1) is 24.7. The predicted molar refractivity (Wildman–Crippen MR) is 130 cm³/mol. The van der Waals surface area contributed by atoms with Crippen LogP contribution in [0.4, 0.5) is 5.82 Å². The lowest BCUT2D eigenvalue weighted by Gasteiger charge is -2.18. The van der Waals surface area contributed by atoms with Crippen molar-refractivity contribution in [3.8, 4) is 11.3 Å². The van der Waals surface area contributed by atoms with E-state index in [1.165, 1.54) is 20.6 Å². The molecule has 2 N–H and O–H groups in total. The highest BCUT2D eigenvalue weighted by molar-refractivity contribution is 7.16. The fourth-order valence-corrected chi connectivity index (χ4v) is 4.26. The van der Waals surface area contributed by atoms with Gasteiger partial charge in [-0.3, -0.25) is 14.4 Å². The predicted octanol–water partition coefficient (Wildman–Crippen LogP) is 4.84. The minimum absolute atomic E-state index is 0.0599. The molecule has 3 aromatic heterocycles. The lowest BCUT2D eigenvalue weighted by molar-refractivity contribution is -0.142. The zero-order valence-corrected chi connectivity index (χ0v) is 20.5. The van der Waals surface area contributed by atoms with Gasteiger partial charge < -0.3 is 15.0 Å². The Morgan fingerprint density at radius 2 is 2.00 bits per heavy atom. The Balaban J connectivity index is 2.00. The maximum absolute atomic E-state index is 13.1. The van der Waals surface area contributed by atoms with Crippen molar-refractivity contribution in [1.29, 1.82) is 0 Å². The molecule has 0 amide bonds. The zero-order chi connectivity index (χ0) is 24.3. The number of nitrogens with one attached hydrogen (secondary N) is 1. The molecule has 0 aliphatic heterocycles. The number of aromatic nitrogens is 3. The summed E-state index contributed by atoms with van der Waals surface area (Å²) in [4.78, 5) is 38.6. The number of pyridine rings is 1. The molecule has 3 aromatic rings. The minimum atomic E-state index is -0.949. The third kappa shape index (κ3) is 5.72. The Labute approximate surface area is 200 Å². The number of carbonyl (C=O) groups is 2. The standard InChI is InChI=1S/C23H27ClN4O4S/c1-5-14(21(30)31)13-27-10-6-7-16(20(27)29)17-11-19(25-12-15-8-9-18(24)33-15)28(26-17)22(32)23(2,3)4/h6-11,14,25H,5,12-13H2,1-4H3,(H,30,31). The molecule has 0 aliphatic rings. The van der Waals surface area contributed by atoms with Gasteiger partial charge in [0.15, 0.2) is 0 Å². The second-order valence-corrected chi connectivity index (χ2v) is 10.6. The van der Waals surface area contributed by atoms with E-state index in [1.54, 1.807) is 58.2 Å². The Morgan fingerprint density at radius 1 is 1.27 bits per heavy atom. The molecule has 0 aliphatic carbocycles. The second kappa shape index (κ2) is 9.93. The molecular formula is C23H27ClN4O4S. The second-order valence-electron chi connectivity index (χ2n) is 8.76. The van der Waals surface area contributed by atoms with Gasteiger partial charge in [0.05, 0.1) is 22.4 Å². The number of anilines is 1. The molecule has 3 heterocycles. The van der Waals surface area contributed by atoms with Gasteiger partial charge in [-0.1, -0.05) is 39.3 Å². The summed E-state index contributed by atoms with van der Waals surface area (Å²) in [5.41, 5.74) is -0.428. The smallest absolute Gasteiger partial charge is 0.308 e. The molecular weight excluding hydrogens is 464 g/mol. The van der Waals surface area contributed by atoms with E-state index >= 15 is 0 Å². The van der Waals surface area contributed by atoms with Crippen LogP contribution in [0.3, 0.4) is 0 Å². The topological polar surface area (TPSA) is 106 Å². The highest BCUT2D eigenvalue weighted by Gasteiger charge is 2.27. The number of carbonyl (C=O) groups excluding carboxylic acids is 1. The summed E-state index contributed by atoms with van der Waals surface area (Å²) in [7, 11) is 0. The molecule has 0 spiro atoms. The quantitative estimate of drug-likeness (QED) is 0.468. The van der Waals surface area contributed by atoms with Gasteiger partial charge in [0.1, 0.15) is 11.5 Å². The summed E-state index contributed by atoms with van der Waals surface area (Å²) in [5, 5.41) is 17.0. The number of hydrogen-bond acceptors (Lipinski definition) is 6. The van der Waals surface area contributed by atoms with Crippen LogP contribution in [0.2, 0.25) is 4.34 Å². The van der Waals surface area contributed by atoms with Crippen LogP contribution < -0.4 is 10.9 Å². The van der Waals surface area contributed by atoms with E-state index in [1.807, 2.05) is 6.07 Å². The van der Waals surface area contributed by atoms with Crippen LogP contribution in [0.1, 0.15) is 43.8 Å². The normalized spacial score (nSPS) is 12.5. The summed E-state index contributed by atoms with van der Waals surface area (Å²) < 4.78 is 3.33. The van der Waals surface area contributed by atoms with E-state index < -0.39 is 17.3 Å². The van der Waals surface area contributed by atoms with E-state index in [0.29, 0.717) is 34.4 Å². The lowest BCUT2D eigenvalue weighted by atomic mass is 9.96. The van der Waals surface area contributed by atoms with Crippen molar-refractivity contribution < 1.29 is 14.7 Å². The first-order valence-corrected chi connectivity index (χ1v) is 11.8. The number of aliphatic carboxylic acids is 1. The van der Waals surface area contributed by atoms with Crippen LogP contribution >= 0.6 is 22.9 Å². The molecule has 10 heteroatoms. The van der Waals surface area contributed by atoms with Crippen molar-refractivity contribution >= 4 is 40.6 Å². The summed E-state index contributed by atoms with van der Waals surface area (Å²) in [5.74, 6) is -1.39. The van der Waals surface area contributed by atoms with Gasteiger partial charge in [-0.15, -0.1) is 11.3 Å².